The SMILES string of the molecule is C=C(CC1CCCC1)CC(C)(C)C[C@@H]1C[C@H](C2CCCC(OC)C2)OC1C. The van der Waals surface area contributed by atoms with E-state index in [-0.39, 0.29) is 0 Å². The Hall–Kier alpha value is -0.340. The molecule has 5 atom stereocenters. The van der Waals surface area contributed by atoms with Crippen molar-refractivity contribution >= 4 is 0 Å². The highest BCUT2D eigenvalue weighted by Gasteiger charge is 2.40. The largest absolute Gasteiger partial charge is 0.381 e. The molecule has 1 heterocycles. The summed E-state index contributed by atoms with van der Waals surface area (Å²) in [5.74, 6) is 2.33. The summed E-state index contributed by atoms with van der Waals surface area (Å²) in [6.45, 7) is 11.7. The Kier molecular flexibility index (Phi) is 7.47. The van der Waals surface area contributed by atoms with Crippen molar-refractivity contribution in [3.05, 3.63) is 12.2 Å². The minimum absolute atomic E-state index is 0.342. The van der Waals surface area contributed by atoms with Gasteiger partial charge in [0.1, 0.15) is 0 Å². The molecule has 2 aliphatic carbocycles. The topological polar surface area (TPSA) is 18.5 Å². The summed E-state index contributed by atoms with van der Waals surface area (Å²) in [7, 11) is 1.87. The monoisotopic (exact) mass is 376 g/mol. The minimum atomic E-state index is 0.342. The molecule has 3 fully saturated rings. The fraction of sp³-hybridized carbons (Fsp3) is 0.920. The Bertz CT molecular complexity index is 477. The minimum Gasteiger partial charge on any atom is -0.381 e. The summed E-state index contributed by atoms with van der Waals surface area (Å²) in [4.78, 5) is 0. The van der Waals surface area contributed by atoms with Crippen LogP contribution in [-0.4, -0.2) is 25.4 Å². The van der Waals surface area contributed by atoms with Crippen LogP contribution in [0.4, 0.5) is 0 Å². The zero-order chi connectivity index (χ0) is 19.4. The second kappa shape index (κ2) is 9.44. The summed E-state index contributed by atoms with van der Waals surface area (Å²) in [5.41, 5.74) is 1.83. The lowest BCUT2D eigenvalue weighted by atomic mass is 9.74. The Balaban J connectivity index is 1.48. The Morgan fingerprint density at radius 3 is 2.52 bits per heavy atom. The molecule has 2 saturated carbocycles. The molecular weight excluding hydrogens is 332 g/mol. The fourth-order valence-corrected chi connectivity index (χ4v) is 6.37. The molecule has 0 aromatic rings. The van der Waals surface area contributed by atoms with Crippen LogP contribution in [0, 0.1) is 23.2 Å². The standard InChI is InChI=1S/C25H44O2/c1-18(13-20-9-6-7-10-20)16-25(3,4)17-22-15-24(27-19(22)2)21-11-8-12-23(14-21)26-5/h19-24H,1,6-17H2,2-5H3/t19?,21?,22-,23?,24+/m0/s1. The molecule has 156 valence electrons. The van der Waals surface area contributed by atoms with Crippen LogP contribution in [-0.2, 0) is 9.47 Å². The van der Waals surface area contributed by atoms with Crippen LogP contribution in [0.3, 0.4) is 0 Å². The van der Waals surface area contributed by atoms with E-state index >= 15 is 0 Å². The summed E-state index contributed by atoms with van der Waals surface area (Å²) >= 11 is 0. The second-order valence-electron chi connectivity index (χ2n) is 10.8. The molecule has 3 unspecified atom stereocenters. The number of hydrogen-bond donors (Lipinski definition) is 0. The normalized spacial score (nSPS) is 35.6. The van der Waals surface area contributed by atoms with Crippen molar-refractivity contribution in [3.63, 3.8) is 0 Å². The van der Waals surface area contributed by atoms with Gasteiger partial charge in [0.2, 0.25) is 0 Å². The number of allylic oxidation sites excluding steroid dienone is 1. The first-order chi connectivity index (χ1) is 12.9. The van der Waals surface area contributed by atoms with Gasteiger partial charge in [0, 0.05) is 7.11 Å². The van der Waals surface area contributed by atoms with Gasteiger partial charge in [-0.15, -0.1) is 0 Å². The van der Waals surface area contributed by atoms with E-state index in [4.69, 9.17) is 9.47 Å². The Labute approximate surface area is 168 Å². The van der Waals surface area contributed by atoms with Crippen molar-refractivity contribution in [2.45, 2.75) is 116 Å². The third-order valence-electron chi connectivity index (χ3n) is 7.71. The zero-order valence-corrected chi connectivity index (χ0v) is 18.5. The molecule has 2 heteroatoms. The van der Waals surface area contributed by atoms with Crippen molar-refractivity contribution in [3.8, 4) is 0 Å². The lowest BCUT2D eigenvalue weighted by Crippen LogP contribution is -2.30. The van der Waals surface area contributed by atoms with Gasteiger partial charge in [-0.25, -0.2) is 0 Å². The van der Waals surface area contributed by atoms with Gasteiger partial charge in [-0.05, 0) is 75.0 Å². The van der Waals surface area contributed by atoms with Crippen molar-refractivity contribution < 1.29 is 9.47 Å². The van der Waals surface area contributed by atoms with Crippen LogP contribution in [0.2, 0.25) is 0 Å². The third kappa shape index (κ3) is 6.07. The van der Waals surface area contributed by atoms with Gasteiger partial charge >= 0.3 is 0 Å². The Morgan fingerprint density at radius 2 is 1.81 bits per heavy atom. The molecule has 0 amide bonds. The average Bonchev–Trinajstić information content (AvgIpc) is 3.24. The predicted octanol–water partition coefficient (Wildman–Crippen LogP) is 6.93. The van der Waals surface area contributed by atoms with E-state index in [0.717, 1.165) is 5.92 Å². The highest BCUT2D eigenvalue weighted by Crippen LogP contribution is 2.44. The maximum absolute atomic E-state index is 6.49. The molecule has 0 radical (unpaired) electrons. The van der Waals surface area contributed by atoms with Crippen molar-refractivity contribution in [1.82, 2.24) is 0 Å². The van der Waals surface area contributed by atoms with E-state index in [0.29, 0.717) is 35.6 Å². The number of hydrogen-bond acceptors (Lipinski definition) is 2. The van der Waals surface area contributed by atoms with Crippen LogP contribution < -0.4 is 0 Å². The van der Waals surface area contributed by atoms with Crippen molar-refractivity contribution in [2.75, 3.05) is 7.11 Å². The van der Waals surface area contributed by atoms with Crippen LogP contribution in [0.15, 0.2) is 12.2 Å². The van der Waals surface area contributed by atoms with E-state index in [9.17, 15) is 0 Å². The maximum atomic E-state index is 6.49. The van der Waals surface area contributed by atoms with Gasteiger partial charge in [-0.3, -0.25) is 0 Å². The lowest BCUT2D eigenvalue weighted by Gasteiger charge is -2.32. The van der Waals surface area contributed by atoms with E-state index in [2.05, 4.69) is 27.4 Å². The summed E-state index contributed by atoms with van der Waals surface area (Å²) in [5, 5.41) is 0. The predicted molar refractivity (Wildman–Crippen MR) is 114 cm³/mol. The van der Waals surface area contributed by atoms with E-state index in [1.807, 2.05) is 7.11 Å². The van der Waals surface area contributed by atoms with Gasteiger partial charge in [0.25, 0.3) is 0 Å². The molecule has 0 N–H and O–H groups in total. The molecule has 3 aliphatic rings. The van der Waals surface area contributed by atoms with Gasteiger partial charge < -0.3 is 9.47 Å². The zero-order valence-electron chi connectivity index (χ0n) is 18.5. The molecule has 0 spiro atoms. The highest BCUT2D eigenvalue weighted by molar-refractivity contribution is 5.01. The number of methoxy groups -OCH3 is 1. The van der Waals surface area contributed by atoms with Gasteiger partial charge in [0.05, 0.1) is 18.3 Å². The first-order valence-corrected chi connectivity index (χ1v) is 11.7. The molecule has 1 saturated heterocycles. The first-order valence-electron chi connectivity index (χ1n) is 11.7. The smallest absolute Gasteiger partial charge is 0.0611 e. The van der Waals surface area contributed by atoms with Crippen LogP contribution >= 0.6 is 0 Å². The average molecular weight is 377 g/mol. The third-order valence-corrected chi connectivity index (χ3v) is 7.71. The maximum Gasteiger partial charge on any atom is 0.0611 e. The molecule has 3 rings (SSSR count). The van der Waals surface area contributed by atoms with Gasteiger partial charge in [-0.1, -0.05) is 58.1 Å². The quantitative estimate of drug-likeness (QED) is 0.428. The highest BCUT2D eigenvalue weighted by atomic mass is 16.5. The summed E-state index contributed by atoms with van der Waals surface area (Å²) in [6, 6.07) is 0. The fourth-order valence-electron chi connectivity index (χ4n) is 6.37. The second-order valence-corrected chi connectivity index (χ2v) is 10.8. The Morgan fingerprint density at radius 1 is 1.07 bits per heavy atom. The van der Waals surface area contributed by atoms with E-state index in [1.165, 1.54) is 82.6 Å². The lowest BCUT2D eigenvalue weighted by molar-refractivity contribution is -0.0284. The summed E-state index contributed by atoms with van der Waals surface area (Å²) in [6.07, 6.45) is 17.1. The molecule has 0 aromatic heterocycles. The van der Waals surface area contributed by atoms with Crippen LogP contribution in [0.5, 0.6) is 0 Å². The molecule has 2 nitrogen and oxygen atoms in total. The van der Waals surface area contributed by atoms with Gasteiger partial charge in [0.15, 0.2) is 0 Å². The molecule has 1 aliphatic heterocycles. The summed E-state index contributed by atoms with van der Waals surface area (Å²) < 4.78 is 12.1. The number of ether oxygens (including phenoxy) is 2. The van der Waals surface area contributed by atoms with E-state index < -0.39 is 0 Å². The van der Waals surface area contributed by atoms with E-state index in [1.54, 1.807) is 0 Å². The van der Waals surface area contributed by atoms with Crippen molar-refractivity contribution in [1.29, 1.82) is 0 Å². The van der Waals surface area contributed by atoms with Crippen molar-refractivity contribution in [2.24, 2.45) is 23.2 Å². The molecule has 27 heavy (non-hydrogen) atoms. The van der Waals surface area contributed by atoms with Crippen LogP contribution in [0.1, 0.15) is 97.8 Å². The van der Waals surface area contributed by atoms with Crippen LogP contribution in [0.25, 0.3) is 0 Å². The van der Waals surface area contributed by atoms with Gasteiger partial charge in [-0.2, -0.15) is 0 Å². The molecule has 0 aromatic carbocycles. The molecular formula is C25H44O2. The first kappa shape index (κ1) is 21.4. The molecule has 0 bridgehead atoms. The number of rotatable bonds is 8.